The van der Waals surface area contributed by atoms with Crippen LogP contribution in [0.5, 0.6) is 5.75 Å². The number of hydrogen-bond donors (Lipinski definition) is 0. The van der Waals surface area contributed by atoms with Crippen molar-refractivity contribution < 1.29 is 9.53 Å². The van der Waals surface area contributed by atoms with Crippen molar-refractivity contribution in [3.05, 3.63) is 71.3 Å². The van der Waals surface area contributed by atoms with Gasteiger partial charge in [0.1, 0.15) is 10.1 Å². The van der Waals surface area contributed by atoms with Crippen LogP contribution in [0.4, 0.5) is 0 Å². The molecule has 0 unspecified atom stereocenters. The molecule has 0 radical (unpaired) electrons. The van der Waals surface area contributed by atoms with Gasteiger partial charge in [-0.25, -0.2) is 4.68 Å². The molecule has 0 atom stereocenters. The summed E-state index contributed by atoms with van der Waals surface area (Å²) in [5.41, 5.74) is 3.60. The summed E-state index contributed by atoms with van der Waals surface area (Å²) in [6, 6.07) is 17.9. The summed E-state index contributed by atoms with van der Waals surface area (Å²) in [6.07, 6.45) is 8.00. The maximum absolute atomic E-state index is 13.1. The molecule has 34 heavy (non-hydrogen) atoms. The lowest BCUT2D eigenvalue weighted by Crippen LogP contribution is -2.28. The van der Waals surface area contributed by atoms with E-state index in [1.807, 2.05) is 71.6 Å². The molecule has 1 aliphatic heterocycles. The number of hydrogen-bond acceptors (Lipinski definition) is 5. The maximum atomic E-state index is 13.1. The monoisotopic (exact) mass is 491 g/mol. The van der Waals surface area contributed by atoms with Crippen molar-refractivity contribution in [1.82, 2.24) is 14.7 Å². The highest BCUT2D eigenvalue weighted by atomic mass is 32.2. The molecule has 0 spiro atoms. The molecule has 0 bridgehead atoms. The van der Waals surface area contributed by atoms with E-state index in [9.17, 15) is 4.79 Å². The molecule has 3 aromatic rings. The van der Waals surface area contributed by atoms with Crippen LogP contribution in [0, 0.1) is 0 Å². The second-order valence-corrected chi connectivity index (χ2v) is 9.80. The van der Waals surface area contributed by atoms with E-state index in [0.717, 1.165) is 53.9 Å². The van der Waals surface area contributed by atoms with Gasteiger partial charge in [0, 0.05) is 23.9 Å². The first-order valence-corrected chi connectivity index (χ1v) is 13.0. The highest BCUT2D eigenvalue weighted by molar-refractivity contribution is 8.26. The van der Waals surface area contributed by atoms with Crippen molar-refractivity contribution in [1.29, 1.82) is 0 Å². The number of nitrogens with zero attached hydrogens (tertiary/aromatic N) is 3. The van der Waals surface area contributed by atoms with Crippen LogP contribution in [-0.4, -0.2) is 38.1 Å². The van der Waals surface area contributed by atoms with E-state index in [4.69, 9.17) is 22.1 Å². The lowest BCUT2D eigenvalue weighted by Gasteiger charge is -2.13. The van der Waals surface area contributed by atoms with E-state index in [0.29, 0.717) is 22.4 Å². The minimum absolute atomic E-state index is 0.0205. The maximum Gasteiger partial charge on any atom is 0.266 e. The molecule has 1 amide bonds. The van der Waals surface area contributed by atoms with Crippen LogP contribution in [0.25, 0.3) is 23.0 Å². The summed E-state index contributed by atoms with van der Waals surface area (Å²) >= 11 is 6.88. The van der Waals surface area contributed by atoms with E-state index in [2.05, 4.69) is 13.8 Å². The Kier molecular flexibility index (Phi) is 8.19. The summed E-state index contributed by atoms with van der Waals surface area (Å²) in [5, 5.41) is 4.87. The Morgan fingerprint density at radius 1 is 1.03 bits per heavy atom. The molecule has 1 saturated heterocycles. The molecular formula is C27H29N3O2S2. The molecule has 2 aromatic carbocycles. The molecule has 7 heteroatoms. The standard InChI is InChI=1S/C27H29N3O2S2/c1-3-5-9-16-29-26(31)24(34-27(29)33)18-21-19-30(22-10-7-6-8-11-22)28-25(21)20-12-14-23(15-13-20)32-17-4-2/h6-8,10-15,18-19H,3-5,9,16-17H2,1-2H3/b24-18+. The minimum atomic E-state index is -0.0205. The number of carbonyl (C=O) groups is 1. The number of ether oxygens (including phenoxy) is 1. The van der Waals surface area contributed by atoms with Gasteiger partial charge in [-0.15, -0.1) is 0 Å². The number of rotatable bonds is 10. The number of carbonyl (C=O) groups excluding carboxylic acids is 1. The number of thiocarbonyl (C=S) groups is 1. The number of aromatic nitrogens is 2. The molecule has 0 saturated carbocycles. The summed E-state index contributed by atoms with van der Waals surface area (Å²) < 4.78 is 8.21. The fourth-order valence-corrected chi connectivity index (χ4v) is 5.01. The van der Waals surface area contributed by atoms with Gasteiger partial charge < -0.3 is 4.74 Å². The molecule has 1 aromatic heterocycles. The SMILES string of the molecule is CCCCCN1C(=O)/C(=C\c2cn(-c3ccccc3)nc2-c2ccc(OCCC)cc2)SC1=S. The molecule has 2 heterocycles. The van der Waals surface area contributed by atoms with Crippen molar-refractivity contribution in [2.45, 2.75) is 39.5 Å². The quantitative estimate of drug-likeness (QED) is 0.179. The Morgan fingerprint density at radius 3 is 2.50 bits per heavy atom. The Labute approximate surface area is 210 Å². The van der Waals surface area contributed by atoms with Crippen LogP contribution >= 0.6 is 24.0 Å². The van der Waals surface area contributed by atoms with Crippen LogP contribution in [0.3, 0.4) is 0 Å². The Hall–Kier alpha value is -2.90. The fraction of sp³-hybridized carbons (Fsp3) is 0.296. The normalized spacial score (nSPS) is 14.9. The smallest absolute Gasteiger partial charge is 0.266 e. The largest absolute Gasteiger partial charge is 0.494 e. The third kappa shape index (κ3) is 5.59. The number of benzene rings is 2. The van der Waals surface area contributed by atoms with Crippen LogP contribution in [0.15, 0.2) is 65.7 Å². The Bertz CT molecular complexity index is 1170. The zero-order valence-corrected chi connectivity index (χ0v) is 21.2. The average Bonchev–Trinajstić information content (AvgIpc) is 3.40. The van der Waals surface area contributed by atoms with E-state index >= 15 is 0 Å². The molecule has 5 nitrogen and oxygen atoms in total. The van der Waals surface area contributed by atoms with Gasteiger partial charge in [0.15, 0.2) is 0 Å². The first-order valence-electron chi connectivity index (χ1n) is 11.7. The van der Waals surface area contributed by atoms with Crippen LogP contribution < -0.4 is 4.74 Å². The fourth-order valence-electron chi connectivity index (χ4n) is 3.71. The van der Waals surface area contributed by atoms with Crippen molar-refractivity contribution in [2.75, 3.05) is 13.2 Å². The van der Waals surface area contributed by atoms with Gasteiger partial charge in [0.2, 0.25) is 0 Å². The third-order valence-corrected chi connectivity index (χ3v) is 6.89. The highest BCUT2D eigenvalue weighted by Gasteiger charge is 2.32. The molecule has 1 fully saturated rings. The molecule has 0 N–H and O–H groups in total. The second kappa shape index (κ2) is 11.5. The van der Waals surface area contributed by atoms with Crippen molar-refractivity contribution >= 4 is 40.3 Å². The Morgan fingerprint density at radius 2 is 1.79 bits per heavy atom. The molecular weight excluding hydrogens is 462 g/mol. The van der Waals surface area contributed by atoms with Gasteiger partial charge in [0.05, 0.1) is 22.9 Å². The summed E-state index contributed by atoms with van der Waals surface area (Å²) in [7, 11) is 0. The van der Waals surface area contributed by atoms with Crippen molar-refractivity contribution in [2.24, 2.45) is 0 Å². The van der Waals surface area contributed by atoms with Gasteiger partial charge in [0.25, 0.3) is 5.91 Å². The summed E-state index contributed by atoms with van der Waals surface area (Å²) in [5.74, 6) is 0.815. The molecule has 0 aliphatic carbocycles. The number of amides is 1. The lowest BCUT2D eigenvalue weighted by atomic mass is 10.1. The second-order valence-electron chi connectivity index (χ2n) is 8.13. The first kappa shape index (κ1) is 24.2. The van der Waals surface area contributed by atoms with E-state index in [-0.39, 0.29) is 5.91 Å². The topological polar surface area (TPSA) is 47.4 Å². The molecule has 176 valence electrons. The van der Waals surface area contributed by atoms with Crippen LogP contribution in [-0.2, 0) is 4.79 Å². The number of thioether (sulfide) groups is 1. The predicted molar refractivity (Wildman–Crippen MR) is 144 cm³/mol. The van der Waals surface area contributed by atoms with E-state index in [1.54, 1.807) is 4.90 Å². The van der Waals surface area contributed by atoms with Gasteiger partial charge in [-0.2, -0.15) is 5.10 Å². The van der Waals surface area contributed by atoms with Gasteiger partial charge >= 0.3 is 0 Å². The number of unbranched alkanes of at least 4 members (excludes halogenated alkanes) is 2. The van der Waals surface area contributed by atoms with Gasteiger partial charge in [-0.1, -0.05) is 68.9 Å². The van der Waals surface area contributed by atoms with Gasteiger partial charge in [-0.3, -0.25) is 9.69 Å². The Balaban J connectivity index is 1.68. The third-order valence-electron chi connectivity index (χ3n) is 5.51. The zero-order chi connectivity index (χ0) is 23.9. The predicted octanol–water partition coefficient (Wildman–Crippen LogP) is 6.72. The van der Waals surface area contributed by atoms with Crippen LogP contribution in [0.2, 0.25) is 0 Å². The van der Waals surface area contributed by atoms with Gasteiger partial charge in [-0.05, 0) is 55.3 Å². The first-order chi connectivity index (χ1) is 16.6. The van der Waals surface area contributed by atoms with E-state index in [1.165, 1.54) is 11.8 Å². The summed E-state index contributed by atoms with van der Waals surface area (Å²) in [6.45, 7) is 5.60. The average molecular weight is 492 g/mol. The highest BCUT2D eigenvalue weighted by Crippen LogP contribution is 2.35. The van der Waals surface area contributed by atoms with E-state index < -0.39 is 0 Å². The van der Waals surface area contributed by atoms with Crippen molar-refractivity contribution in [3.8, 4) is 22.7 Å². The number of para-hydroxylation sites is 1. The van der Waals surface area contributed by atoms with Crippen LogP contribution in [0.1, 0.15) is 45.1 Å². The molecule has 4 rings (SSSR count). The minimum Gasteiger partial charge on any atom is -0.494 e. The zero-order valence-electron chi connectivity index (χ0n) is 19.6. The summed E-state index contributed by atoms with van der Waals surface area (Å²) in [4.78, 5) is 15.5. The molecule has 1 aliphatic rings. The lowest BCUT2D eigenvalue weighted by molar-refractivity contribution is -0.122. The van der Waals surface area contributed by atoms with Crippen molar-refractivity contribution in [3.63, 3.8) is 0 Å².